The first-order valence-electron chi connectivity index (χ1n) is 9.19. The standard InChI is InChI=1S/C19H29N3O3/c1-14(2)5-9-22-10-7-19(8-11-22)6-4-16(25-19)12-20-18(23)17-15(3)24-13-21-17/h5,13,16H,4,6-12H2,1-3H3,(H,20,23)/t16-/m0/s1. The van der Waals surface area contributed by atoms with Gasteiger partial charge in [0.15, 0.2) is 12.1 Å². The molecule has 25 heavy (non-hydrogen) atoms. The molecule has 138 valence electrons. The van der Waals surface area contributed by atoms with Gasteiger partial charge in [-0.2, -0.15) is 0 Å². The van der Waals surface area contributed by atoms with Crippen LogP contribution in [0.4, 0.5) is 0 Å². The minimum Gasteiger partial charge on any atom is -0.448 e. The average Bonchev–Trinajstić information content (AvgIpc) is 3.19. The molecule has 0 radical (unpaired) electrons. The van der Waals surface area contributed by atoms with Crippen LogP contribution in [0.3, 0.4) is 0 Å². The van der Waals surface area contributed by atoms with Crippen LogP contribution in [-0.2, 0) is 4.74 Å². The summed E-state index contributed by atoms with van der Waals surface area (Å²) in [6.07, 6.45) is 7.94. The Labute approximate surface area is 149 Å². The van der Waals surface area contributed by atoms with Crippen LogP contribution >= 0.6 is 0 Å². The molecule has 2 fully saturated rings. The van der Waals surface area contributed by atoms with Crippen molar-refractivity contribution in [2.75, 3.05) is 26.2 Å². The molecule has 1 N–H and O–H groups in total. The Bertz CT molecular complexity index is 626. The van der Waals surface area contributed by atoms with Gasteiger partial charge in [-0.3, -0.25) is 9.69 Å². The Kier molecular flexibility index (Phi) is 5.59. The van der Waals surface area contributed by atoms with Crippen molar-refractivity contribution in [2.24, 2.45) is 0 Å². The van der Waals surface area contributed by atoms with Crippen molar-refractivity contribution in [3.05, 3.63) is 29.5 Å². The number of aromatic nitrogens is 1. The molecule has 1 amide bonds. The van der Waals surface area contributed by atoms with Crippen LogP contribution in [0.25, 0.3) is 0 Å². The lowest BCUT2D eigenvalue weighted by atomic mass is 9.88. The van der Waals surface area contributed by atoms with E-state index in [1.165, 1.54) is 12.0 Å². The van der Waals surface area contributed by atoms with Gasteiger partial charge in [0.1, 0.15) is 5.76 Å². The van der Waals surface area contributed by atoms with Gasteiger partial charge in [0.05, 0.1) is 11.7 Å². The second-order valence-electron chi connectivity index (χ2n) is 7.51. The Morgan fingerprint density at radius 2 is 2.16 bits per heavy atom. The summed E-state index contributed by atoms with van der Waals surface area (Å²) in [4.78, 5) is 18.6. The summed E-state index contributed by atoms with van der Waals surface area (Å²) < 4.78 is 11.4. The highest BCUT2D eigenvalue weighted by atomic mass is 16.5. The van der Waals surface area contributed by atoms with Crippen LogP contribution in [0.5, 0.6) is 0 Å². The Balaban J connectivity index is 1.44. The van der Waals surface area contributed by atoms with Gasteiger partial charge in [-0.1, -0.05) is 11.6 Å². The minimum absolute atomic E-state index is 0.0146. The Hall–Kier alpha value is -1.66. The Morgan fingerprint density at radius 1 is 1.40 bits per heavy atom. The second kappa shape index (κ2) is 7.70. The number of piperidine rings is 1. The van der Waals surface area contributed by atoms with E-state index >= 15 is 0 Å². The predicted molar refractivity (Wildman–Crippen MR) is 95.5 cm³/mol. The maximum absolute atomic E-state index is 12.1. The zero-order valence-electron chi connectivity index (χ0n) is 15.5. The number of oxazole rings is 1. The van der Waals surface area contributed by atoms with Gasteiger partial charge in [0.2, 0.25) is 0 Å². The molecule has 2 aliphatic heterocycles. The zero-order chi connectivity index (χ0) is 17.9. The van der Waals surface area contributed by atoms with E-state index in [1.54, 1.807) is 6.92 Å². The number of hydrogen-bond acceptors (Lipinski definition) is 5. The van der Waals surface area contributed by atoms with Crippen LogP contribution in [0.1, 0.15) is 55.8 Å². The maximum atomic E-state index is 12.1. The highest BCUT2D eigenvalue weighted by molar-refractivity contribution is 5.93. The molecule has 2 aliphatic rings. The van der Waals surface area contributed by atoms with Gasteiger partial charge in [0.25, 0.3) is 5.91 Å². The van der Waals surface area contributed by atoms with E-state index in [-0.39, 0.29) is 17.6 Å². The fourth-order valence-electron chi connectivity index (χ4n) is 3.68. The van der Waals surface area contributed by atoms with Gasteiger partial charge in [0, 0.05) is 26.2 Å². The smallest absolute Gasteiger partial charge is 0.273 e. The number of nitrogens with zero attached hydrogens (tertiary/aromatic N) is 2. The summed E-state index contributed by atoms with van der Waals surface area (Å²) in [5, 5.41) is 2.93. The molecule has 0 aromatic carbocycles. The van der Waals surface area contributed by atoms with Crippen molar-refractivity contribution in [1.82, 2.24) is 15.2 Å². The van der Waals surface area contributed by atoms with Gasteiger partial charge in [-0.25, -0.2) is 4.98 Å². The van der Waals surface area contributed by atoms with Gasteiger partial charge >= 0.3 is 0 Å². The lowest BCUT2D eigenvalue weighted by molar-refractivity contribution is -0.0741. The van der Waals surface area contributed by atoms with E-state index in [9.17, 15) is 4.79 Å². The molecule has 0 aliphatic carbocycles. The average molecular weight is 347 g/mol. The van der Waals surface area contributed by atoms with E-state index in [4.69, 9.17) is 9.15 Å². The van der Waals surface area contributed by atoms with E-state index in [0.717, 1.165) is 45.3 Å². The molecule has 1 aromatic heterocycles. The molecule has 2 saturated heterocycles. The molecule has 0 bridgehead atoms. The number of carbonyl (C=O) groups excluding carboxylic acids is 1. The van der Waals surface area contributed by atoms with Crippen molar-refractivity contribution in [3.63, 3.8) is 0 Å². The number of amides is 1. The van der Waals surface area contributed by atoms with E-state index in [2.05, 4.69) is 35.1 Å². The molecule has 3 heterocycles. The third-order valence-corrected chi connectivity index (χ3v) is 5.31. The molecule has 0 unspecified atom stereocenters. The molecule has 1 atom stereocenters. The topological polar surface area (TPSA) is 67.6 Å². The molecular formula is C19H29N3O3. The molecule has 1 spiro atoms. The number of aryl methyl sites for hydroxylation is 1. The number of allylic oxidation sites excluding steroid dienone is 1. The number of carbonyl (C=O) groups is 1. The maximum Gasteiger partial charge on any atom is 0.273 e. The Morgan fingerprint density at radius 3 is 2.80 bits per heavy atom. The van der Waals surface area contributed by atoms with Crippen LogP contribution in [0.2, 0.25) is 0 Å². The number of ether oxygens (including phenoxy) is 1. The van der Waals surface area contributed by atoms with Crippen molar-refractivity contribution < 1.29 is 13.9 Å². The van der Waals surface area contributed by atoms with Crippen LogP contribution < -0.4 is 5.32 Å². The van der Waals surface area contributed by atoms with Gasteiger partial charge < -0.3 is 14.5 Å². The number of nitrogens with one attached hydrogen (secondary N) is 1. The zero-order valence-corrected chi connectivity index (χ0v) is 15.5. The first kappa shape index (κ1) is 18.1. The lowest BCUT2D eigenvalue weighted by Gasteiger charge is -2.39. The molecular weight excluding hydrogens is 318 g/mol. The van der Waals surface area contributed by atoms with Crippen molar-refractivity contribution >= 4 is 5.91 Å². The van der Waals surface area contributed by atoms with E-state index < -0.39 is 0 Å². The molecule has 3 rings (SSSR count). The highest BCUT2D eigenvalue weighted by Crippen LogP contribution is 2.38. The van der Waals surface area contributed by atoms with Crippen molar-refractivity contribution in [2.45, 2.75) is 58.2 Å². The summed E-state index contributed by atoms with van der Waals surface area (Å²) in [7, 11) is 0. The number of hydrogen-bond donors (Lipinski definition) is 1. The van der Waals surface area contributed by atoms with Gasteiger partial charge in [-0.15, -0.1) is 0 Å². The second-order valence-corrected chi connectivity index (χ2v) is 7.51. The SMILES string of the molecule is CC(C)=CCN1CCC2(CC[C@@H](CNC(=O)c3ncoc3C)O2)CC1. The minimum atomic E-state index is -0.188. The van der Waals surface area contributed by atoms with Crippen LogP contribution in [0, 0.1) is 6.92 Å². The summed E-state index contributed by atoms with van der Waals surface area (Å²) in [5.41, 5.74) is 1.75. The van der Waals surface area contributed by atoms with Gasteiger partial charge in [-0.05, 0) is 46.5 Å². The van der Waals surface area contributed by atoms with Crippen LogP contribution in [0.15, 0.2) is 22.5 Å². The number of likely N-dealkylation sites (tertiary alicyclic amines) is 1. The quantitative estimate of drug-likeness (QED) is 0.830. The number of rotatable bonds is 5. The summed E-state index contributed by atoms with van der Waals surface area (Å²) in [5.74, 6) is 0.359. The summed E-state index contributed by atoms with van der Waals surface area (Å²) in [6, 6.07) is 0. The third kappa shape index (κ3) is 4.50. The fourth-order valence-corrected chi connectivity index (χ4v) is 3.68. The molecule has 0 saturated carbocycles. The monoisotopic (exact) mass is 347 g/mol. The normalized spacial score (nSPS) is 22.9. The molecule has 1 aromatic rings. The van der Waals surface area contributed by atoms with Crippen molar-refractivity contribution in [1.29, 1.82) is 0 Å². The van der Waals surface area contributed by atoms with Crippen LogP contribution in [-0.4, -0.2) is 53.7 Å². The first-order valence-corrected chi connectivity index (χ1v) is 9.19. The summed E-state index contributed by atoms with van der Waals surface area (Å²) >= 11 is 0. The lowest BCUT2D eigenvalue weighted by Crippen LogP contribution is -2.45. The fraction of sp³-hybridized carbons (Fsp3) is 0.684. The third-order valence-electron chi connectivity index (χ3n) is 5.31. The molecule has 6 nitrogen and oxygen atoms in total. The largest absolute Gasteiger partial charge is 0.448 e. The predicted octanol–water partition coefficient (Wildman–Crippen LogP) is 2.69. The molecule has 6 heteroatoms. The van der Waals surface area contributed by atoms with Crippen molar-refractivity contribution in [3.8, 4) is 0 Å². The first-order chi connectivity index (χ1) is 12.0. The van der Waals surface area contributed by atoms with E-state index in [1.807, 2.05) is 0 Å². The summed E-state index contributed by atoms with van der Waals surface area (Å²) in [6.45, 7) is 9.77. The van der Waals surface area contributed by atoms with E-state index in [0.29, 0.717) is 18.0 Å². The highest BCUT2D eigenvalue weighted by Gasteiger charge is 2.42.